The van der Waals surface area contributed by atoms with Crippen LogP contribution in [0.1, 0.15) is 30.1 Å². The Morgan fingerprint density at radius 3 is 2.50 bits per heavy atom. The van der Waals surface area contributed by atoms with Gasteiger partial charge in [0.05, 0.1) is 6.04 Å². The molecule has 0 aliphatic heterocycles. The smallest absolute Gasteiger partial charge is 0.347 e. The van der Waals surface area contributed by atoms with E-state index in [1.54, 1.807) is 12.1 Å². The van der Waals surface area contributed by atoms with Crippen molar-refractivity contribution in [1.82, 2.24) is 15.1 Å². The number of nitrogens with zero attached hydrogens (tertiary/aromatic N) is 2. The van der Waals surface area contributed by atoms with E-state index in [0.29, 0.717) is 10.9 Å². The first-order chi connectivity index (χ1) is 11.3. The Balaban J connectivity index is 1.66. The maximum Gasteiger partial charge on any atom is 0.435 e. The van der Waals surface area contributed by atoms with Gasteiger partial charge in [-0.05, 0) is 42.5 Å². The number of nitrogens with one attached hydrogen (secondary N) is 1. The van der Waals surface area contributed by atoms with E-state index in [1.165, 1.54) is 0 Å². The fourth-order valence-electron chi connectivity index (χ4n) is 2.54. The average Bonchev–Trinajstić information content (AvgIpc) is 3.24. The number of halogens is 4. The van der Waals surface area contributed by atoms with E-state index in [9.17, 15) is 18.0 Å². The quantitative estimate of drug-likeness (QED) is 0.884. The third-order valence-electron chi connectivity index (χ3n) is 3.88. The van der Waals surface area contributed by atoms with Crippen LogP contribution >= 0.6 is 11.6 Å². The van der Waals surface area contributed by atoms with E-state index >= 15 is 0 Å². The lowest BCUT2D eigenvalue weighted by molar-refractivity contribution is -0.141. The average molecular weight is 358 g/mol. The molecule has 1 aromatic carbocycles. The van der Waals surface area contributed by atoms with Gasteiger partial charge >= 0.3 is 6.18 Å². The Hall–Kier alpha value is -2.02. The van der Waals surface area contributed by atoms with Gasteiger partial charge < -0.3 is 5.32 Å². The molecular weight excluding hydrogens is 343 g/mol. The normalized spacial score (nSPS) is 16.0. The number of alkyl halides is 3. The summed E-state index contributed by atoms with van der Waals surface area (Å²) in [6.07, 6.45) is -1.35. The molecule has 128 valence electrons. The second kappa shape index (κ2) is 6.47. The molecule has 1 atom stereocenters. The SMILES string of the molecule is O=C(Cn1ccc(C(F)(F)F)n1)N[C@@H](c1ccc(Cl)cc1)C1CC1. The highest BCUT2D eigenvalue weighted by Gasteiger charge is 2.35. The minimum Gasteiger partial charge on any atom is -0.347 e. The number of amides is 1. The van der Waals surface area contributed by atoms with E-state index in [-0.39, 0.29) is 18.5 Å². The van der Waals surface area contributed by atoms with Crippen molar-refractivity contribution < 1.29 is 18.0 Å². The van der Waals surface area contributed by atoms with Crippen molar-refractivity contribution >= 4 is 17.5 Å². The molecule has 2 aromatic rings. The zero-order valence-corrected chi connectivity index (χ0v) is 13.3. The molecule has 1 N–H and O–H groups in total. The Labute approximate surface area is 141 Å². The number of carbonyl (C=O) groups is 1. The van der Waals surface area contributed by atoms with Crippen molar-refractivity contribution in [2.75, 3.05) is 0 Å². The first kappa shape index (κ1) is 16.8. The summed E-state index contributed by atoms with van der Waals surface area (Å²) in [5.74, 6) is -0.0304. The molecule has 0 saturated heterocycles. The number of benzene rings is 1. The molecule has 24 heavy (non-hydrogen) atoms. The summed E-state index contributed by atoms with van der Waals surface area (Å²) in [6, 6.07) is 7.89. The number of aromatic nitrogens is 2. The highest BCUT2D eigenvalue weighted by Crippen LogP contribution is 2.41. The van der Waals surface area contributed by atoms with E-state index in [0.717, 1.165) is 35.4 Å². The van der Waals surface area contributed by atoms with Gasteiger partial charge in [-0.3, -0.25) is 9.48 Å². The molecular formula is C16H15ClF3N3O. The van der Waals surface area contributed by atoms with Gasteiger partial charge in [-0.1, -0.05) is 23.7 Å². The van der Waals surface area contributed by atoms with Crippen molar-refractivity contribution in [3.05, 3.63) is 52.8 Å². The summed E-state index contributed by atoms with van der Waals surface area (Å²) < 4.78 is 38.6. The summed E-state index contributed by atoms with van der Waals surface area (Å²) in [6.45, 7) is -0.257. The fraction of sp³-hybridized carbons (Fsp3) is 0.375. The molecule has 1 aliphatic rings. The lowest BCUT2D eigenvalue weighted by atomic mass is 10.0. The molecule has 0 spiro atoms. The predicted molar refractivity (Wildman–Crippen MR) is 82.3 cm³/mol. The van der Waals surface area contributed by atoms with Crippen molar-refractivity contribution in [2.45, 2.75) is 31.6 Å². The second-order valence-electron chi connectivity index (χ2n) is 5.83. The highest BCUT2D eigenvalue weighted by atomic mass is 35.5. The maximum absolute atomic E-state index is 12.5. The first-order valence-corrected chi connectivity index (χ1v) is 7.86. The zero-order valence-electron chi connectivity index (χ0n) is 12.6. The molecule has 0 radical (unpaired) electrons. The van der Waals surface area contributed by atoms with Crippen LogP contribution in [0, 0.1) is 5.92 Å². The van der Waals surface area contributed by atoms with E-state index in [1.807, 2.05) is 12.1 Å². The second-order valence-corrected chi connectivity index (χ2v) is 6.27. The Morgan fingerprint density at radius 1 is 1.29 bits per heavy atom. The summed E-state index contributed by atoms with van der Waals surface area (Å²) in [5, 5.41) is 6.88. The van der Waals surface area contributed by atoms with Crippen molar-refractivity contribution in [3.63, 3.8) is 0 Å². The van der Waals surface area contributed by atoms with Gasteiger partial charge in [0.2, 0.25) is 5.91 Å². The third-order valence-corrected chi connectivity index (χ3v) is 4.13. The van der Waals surface area contributed by atoms with Crippen LogP contribution in [-0.4, -0.2) is 15.7 Å². The van der Waals surface area contributed by atoms with Gasteiger partial charge in [0.15, 0.2) is 5.69 Å². The van der Waals surface area contributed by atoms with Gasteiger partial charge in [-0.25, -0.2) is 0 Å². The molecule has 0 bridgehead atoms. The van der Waals surface area contributed by atoms with E-state index in [2.05, 4.69) is 10.4 Å². The fourth-order valence-corrected chi connectivity index (χ4v) is 2.67. The molecule has 3 rings (SSSR count). The zero-order chi connectivity index (χ0) is 17.3. The van der Waals surface area contributed by atoms with Crippen LogP contribution in [0.15, 0.2) is 36.5 Å². The van der Waals surface area contributed by atoms with Crippen molar-refractivity contribution in [1.29, 1.82) is 0 Å². The summed E-state index contributed by atoms with van der Waals surface area (Å²) >= 11 is 5.87. The van der Waals surface area contributed by atoms with Gasteiger partial charge in [0.25, 0.3) is 0 Å². The van der Waals surface area contributed by atoms with Crippen molar-refractivity contribution in [2.24, 2.45) is 5.92 Å². The molecule has 1 saturated carbocycles. The summed E-state index contributed by atoms with van der Waals surface area (Å²) in [4.78, 5) is 12.2. The Morgan fingerprint density at radius 2 is 1.96 bits per heavy atom. The molecule has 4 nitrogen and oxygen atoms in total. The lowest BCUT2D eigenvalue weighted by Gasteiger charge is -2.19. The van der Waals surface area contributed by atoms with Crippen molar-refractivity contribution in [3.8, 4) is 0 Å². The number of carbonyl (C=O) groups excluding carboxylic acids is 1. The number of hydrogen-bond acceptors (Lipinski definition) is 2. The van der Waals surface area contributed by atoms with E-state index in [4.69, 9.17) is 11.6 Å². The monoisotopic (exact) mass is 357 g/mol. The maximum atomic E-state index is 12.5. The topological polar surface area (TPSA) is 46.9 Å². The largest absolute Gasteiger partial charge is 0.435 e. The molecule has 0 unspecified atom stereocenters. The van der Waals surface area contributed by atoms with Crippen LogP contribution in [0.5, 0.6) is 0 Å². The predicted octanol–water partition coefficient (Wildman–Crippen LogP) is 3.82. The van der Waals surface area contributed by atoms with Crippen LogP contribution in [-0.2, 0) is 17.5 Å². The molecule has 1 aromatic heterocycles. The third kappa shape index (κ3) is 4.08. The van der Waals surface area contributed by atoms with Crippen LogP contribution in [0.4, 0.5) is 13.2 Å². The van der Waals surface area contributed by atoms with Gasteiger partial charge in [0, 0.05) is 11.2 Å². The van der Waals surface area contributed by atoms with Crippen LogP contribution in [0.25, 0.3) is 0 Å². The Bertz CT molecular complexity index is 723. The molecule has 1 aliphatic carbocycles. The molecule has 1 fully saturated rings. The number of hydrogen-bond donors (Lipinski definition) is 1. The van der Waals surface area contributed by atoms with Crippen LogP contribution < -0.4 is 5.32 Å². The molecule has 8 heteroatoms. The minimum absolute atomic E-state index is 0.160. The molecule has 1 amide bonds. The summed E-state index contributed by atoms with van der Waals surface area (Å²) in [7, 11) is 0. The van der Waals surface area contributed by atoms with Gasteiger partial charge in [-0.15, -0.1) is 0 Å². The van der Waals surface area contributed by atoms with Crippen LogP contribution in [0.3, 0.4) is 0 Å². The minimum atomic E-state index is -4.51. The summed E-state index contributed by atoms with van der Waals surface area (Å²) in [5.41, 5.74) is -0.0709. The Kier molecular flexibility index (Phi) is 4.54. The van der Waals surface area contributed by atoms with Gasteiger partial charge in [0.1, 0.15) is 6.54 Å². The lowest BCUT2D eigenvalue weighted by Crippen LogP contribution is -2.33. The standard InChI is InChI=1S/C16H15ClF3N3O/c17-12-5-3-11(4-6-12)15(10-1-2-10)21-14(24)9-23-8-7-13(22-23)16(18,19)20/h3-8,10,15H,1-2,9H2,(H,21,24)/t15-/m1/s1. The van der Waals surface area contributed by atoms with E-state index < -0.39 is 11.9 Å². The van der Waals surface area contributed by atoms with Crippen LogP contribution in [0.2, 0.25) is 5.02 Å². The number of rotatable bonds is 5. The highest BCUT2D eigenvalue weighted by molar-refractivity contribution is 6.30. The molecule has 1 heterocycles. The van der Waals surface area contributed by atoms with Gasteiger partial charge in [-0.2, -0.15) is 18.3 Å². The first-order valence-electron chi connectivity index (χ1n) is 7.48.